The third-order valence-corrected chi connectivity index (χ3v) is 2.97. The van der Waals surface area contributed by atoms with Crippen molar-refractivity contribution in [2.24, 2.45) is 4.99 Å². The first-order valence-electron chi connectivity index (χ1n) is 6.65. The Labute approximate surface area is 123 Å². The molecule has 0 saturated heterocycles. The fourth-order valence-electron chi connectivity index (χ4n) is 1.53. The van der Waals surface area contributed by atoms with E-state index in [1.807, 2.05) is 13.2 Å². The van der Waals surface area contributed by atoms with E-state index in [-0.39, 0.29) is 0 Å². The monoisotopic (exact) mass is 314 g/mol. The molecule has 0 aliphatic carbocycles. The zero-order valence-corrected chi connectivity index (χ0v) is 13.2. The van der Waals surface area contributed by atoms with Gasteiger partial charge in [0.2, 0.25) is 0 Å². The zero-order chi connectivity index (χ0) is 15.4. The molecule has 0 aliphatic heterocycles. The topological polar surface area (TPSA) is 39.7 Å². The Bertz CT molecular complexity index is 272. The number of hydrogen-bond donors (Lipinski definition) is 2. The van der Waals surface area contributed by atoms with Crippen molar-refractivity contribution >= 4 is 17.7 Å². The van der Waals surface area contributed by atoms with Crippen molar-refractivity contribution in [2.45, 2.75) is 19.5 Å². The maximum absolute atomic E-state index is 12.1. The Balaban J connectivity index is 3.91. The van der Waals surface area contributed by atoms with Gasteiger partial charge >= 0.3 is 6.18 Å². The van der Waals surface area contributed by atoms with Gasteiger partial charge in [-0.3, -0.25) is 9.89 Å². The van der Waals surface area contributed by atoms with Gasteiger partial charge in [0, 0.05) is 25.4 Å². The minimum Gasteiger partial charge on any atom is -0.357 e. The number of hydrogen-bond acceptors (Lipinski definition) is 3. The van der Waals surface area contributed by atoms with Gasteiger partial charge in [-0.1, -0.05) is 0 Å². The SMILES string of the molecule is CCNC(=NCCCN(C)CC(F)(F)F)NCCSC. The van der Waals surface area contributed by atoms with Crippen molar-refractivity contribution in [1.29, 1.82) is 0 Å². The van der Waals surface area contributed by atoms with E-state index in [1.165, 1.54) is 11.9 Å². The number of thioether (sulfide) groups is 1. The van der Waals surface area contributed by atoms with Gasteiger partial charge in [-0.25, -0.2) is 0 Å². The van der Waals surface area contributed by atoms with Crippen molar-refractivity contribution in [3.63, 3.8) is 0 Å². The van der Waals surface area contributed by atoms with Crippen LogP contribution < -0.4 is 10.6 Å². The number of rotatable bonds is 9. The van der Waals surface area contributed by atoms with Gasteiger partial charge in [-0.15, -0.1) is 0 Å². The van der Waals surface area contributed by atoms with Gasteiger partial charge in [-0.2, -0.15) is 24.9 Å². The van der Waals surface area contributed by atoms with Gasteiger partial charge in [0.25, 0.3) is 0 Å². The van der Waals surface area contributed by atoms with Crippen LogP contribution in [-0.2, 0) is 0 Å². The molecule has 8 heteroatoms. The quantitative estimate of drug-likeness (QED) is 0.387. The van der Waals surface area contributed by atoms with E-state index in [2.05, 4.69) is 15.6 Å². The Hall–Kier alpha value is -0.630. The van der Waals surface area contributed by atoms with Crippen LogP contribution in [0.2, 0.25) is 0 Å². The van der Waals surface area contributed by atoms with Gasteiger partial charge in [0.1, 0.15) is 0 Å². The molecular formula is C12H25F3N4S. The third kappa shape index (κ3) is 12.4. The number of nitrogens with zero attached hydrogens (tertiary/aromatic N) is 2. The molecule has 0 bridgehead atoms. The molecule has 0 spiro atoms. The van der Waals surface area contributed by atoms with E-state index in [9.17, 15) is 13.2 Å². The number of guanidine groups is 1. The maximum Gasteiger partial charge on any atom is 0.401 e. The molecular weight excluding hydrogens is 289 g/mol. The lowest BCUT2D eigenvalue weighted by atomic mass is 10.4. The molecule has 0 atom stereocenters. The van der Waals surface area contributed by atoms with Gasteiger partial charge in [-0.05, 0) is 33.2 Å². The number of nitrogens with one attached hydrogen (secondary N) is 2. The van der Waals surface area contributed by atoms with Crippen molar-refractivity contribution < 1.29 is 13.2 Å². The van der Waals surface area contributed by atoms with Gasteiger partial charge in [0.15, 0.2) is 5.96 Å². The van der Waals surface area contributed by atoms with Crippen molar-refractivity contribution in [1.82, 2.24) is 15.5 Å². The van der Waals surface area contributed by atoms with Crippen LogP contribution in [0.3, 0.4) is 0 Å². The second-order valence-electron chi connectivity index (χ2n) is 4.39. The summed E-state index contributed by atoms with van der Waals surface area (Å²) in [6, 6.07) is 0. The van der Waals surface area contributed by atoms with E-state index in [0.29, 0.717) is 19.5 Å². The summed E-state index contributed by atoms with van der Waals surface area (Å²) in [7, 11) is 1.47. The first-order chi connectivity index (χ1) is 9.39. The smallest absolute Gasteiger partial charge is 0.357 e. The summed E-state index contributed by atoms with van der Waals surface area (Å²) in [5.41, 5.74) is 0. The molecule has 0 radical (unpaired) electrons. The molecule has 2 N–H and O–H groups in total. The summed E-state index contributed by atoms with van der Waals surface area (Å²) in [5.74, 6) is 1.71. The van der Waals surface area contributed by atoms with Crippen LogP contribution in [0.25, 0.3) is 0 Å². The number of halogens is 3. The van der Waals surface area contributed by atoms with E-state index in [4.69, 9.17) is 0 Å². The summed E-state index contributed by atoms with van der Waals surface area (Å²) < 4.78 is 36.4. The lowest BCUT2D eigenvalue weighted by molar-refractivity contribution is -0.143. The summed E-state index contributed by atoms with van der Waals surface area (Å²) in [4.78, 5) is 5.60. The molecule has 0 saturated carbocycles. The van der Waals surface area contributed by atoms with Crippen LogP contribution in [0.15, 0.2) is 4.99 Å². The summed E-state index contributed by atoms with van der Waals surface area (Å²) in [5, 5.41) is 6.28. The normalized spacial score (nSPS) is 12.8. The molecule has 20 heavy (non-hydrogen) atoms. The zero-order valence-electron chi connectivity index (χ0n) is 12.4. The molecule has 0 aromatic carbocycles. The molecule has 0 aromatic heterocycles. The Morgan fingerprint density at radius 2 is 2.00 bits per heavy atom. The molecule has 0 aromatic rings. The third-order valence-electron chi connectivity index (χ3n) is 2.36. The van der Waals surface area contributed by atoms with Crippen LogP contribution >= 0.6 is 11.8 Å². The fourth-order valence-corrected chi connectivity index (χ4v) is 1.84. The van der Waals surface area contributed by atoms with E-state index < -0.39 is 12.7 Å². The van der Waals surface area contributed by atoms with Crippen molar-refractivity contribution in [3.05, 3.63) is 0 Å². The lowest BCUT2D eigenvalue weighted by Gasteiger charge is -2.18. The number of alkyl halides is 3. The number of aliphatic imine (C=N–C) groups is 1. The summed E-state index contributed by atoms with van der Waals surface area (Å²) >= 11 is 1.74. The Morgan fingerprint density at radius 3 is 2.55 bits per heavy atom. The minimum atomic E-state index is -4.13. The predicted molar refractivity (Wildman–Crippen MR) is 80.5 cm³/mol. The average Bonchev–Trinajstić information content (AvgIpc) is 2.32. The Morgan fingerprint density at radius 1 is 1.30 bits per heavy atom. The highest BCUT2D eigenvalue weighted by Crippen LogP contribution is 2.15. The highest BCUT2D eigenvalue weighted by molar-refractivity contribution is 7.98. The largest absolute Gasteiger partial charge is 0.401 e. The van der Waals surface area contributed by atoms with Gasteiger partial charge in [0.05, 0.1) is 6.54 Å². The van der Waals surface area contributed by atoms with E-state index >= 15 is 0 Å². The first kappa shape index (κ1) is 19.4. The van der Waals surface area contributed by atoms with Crippen molar-refractivity contribution in [2.75, 3.05) is 51.8 Å². The molecule has 0 fully saturated rings. The molecule has 0 heterocycles. The van der Waals surface area contributed by atoms with E-state index in [1.54, 1.807) is 11.8 Å². The average molecular weight is 314 g/mol. The predicted octanol–water partition coefficient (Wildman–Crippen LogP) is 1.79. The van der Waals surface area contributed by atoms with Crippen LogP contribution in [-0.4, -0.2) is 68.8 Å². The van der Waals surface area contributed by atoms with Crippen LogP contribution in [0.5, 0.6) is 0 Å². The van der Waals surface area contributed by atoms with Crippen LogP contribution in [0.1, 0.15) is 13.3 Å². The standard InChI is InChI=1S/C12H25F3N4S/c1-4-16-11(18-7-9-20-3)17-6-5-8-19(2)10-12(13,14)15/h4-10H2,1-3H3,(H2,16,17,18). The minimum absolute atomic E-state index is 0.382. The van der Waals surface area contributed by atoms with Crippen LogP contribution in [0, 0.1) is 0 Å². The highest BCUT2D eigenvalue weighted by Gasteiger charge is 2.28. The first-order valence-corrected chi connectivity index (χ1v) is 8.04. The summed E-state index contributed by atoms with van der Waals surface area (Å²) in [6.45, 7) is 3.58. The Kier molecular flexibility index (Phi) is 10.7. The van der Waals surface area contributed by atoms with Crippen molar-refractivity contribution in [3.8, 4) is 0 Å². The molecule has 120 valence electrons. The fraction of sp³-hybridized carbons (Fsp3) is 0.917. The molecule has 0 aliphatic rings. The second kappa shape index (κ2) is 11.1. The molecule has 0 amide bonds. The second-order valence-corrected chi connectivity index (χ2v) is 5.37. The molecule has 4 nitrogen and oxygen atoms in total. The summed E-state index contributed by atoms with van der Waals surface area (Å²) in [6.07, 6.45) is -1.50. The van der Waals surface area contributed by atoms with Crippen LogP contribution in [0.4, 0.5) is 13.2 Å². The molecule has 0 rings (SSSR count). The lowest BCUT2D eigenvalue weighted by Crippen LogP contribution is -2.38. The van der Waals surface area contributed by atoms with Gasteiger partial charge < -0.3 is 10.6 Å². The maximum atomic E-state index is 12.1. The molecule has 0 unspecified atom stereocenters. The highest BCUT2D eigenvalue weighted by atomic mass is 32.2. The van der Waals surface area contributed by atoms with E-state index in [0.717, 1.165) is 24.8 Å².